The number of hydrogen-bond donors (Lipinski definition) is 0. The van der Waals surface area contributed by atoms with Crippen LogP contribution in [0.4, 0.5) is 0 Å². The van der Waals surface area contributed by atoms with Crippen molar-refractivity contribution < 1.29 is 4.79 Å². The van der Waals surface area contributed by atoms with Crippen LogP contribution in [-0.4, -0.2) is 6.29 Å². The molecular weight excluding hydrogens is 76.1 g/mol. The Balaban J connectivity index is 3.45. The summed E-state index contributed by atoms with van der Waals surface area (Å²) in [4.78, 5) is 9.70. The molecular formula is C5H8O. The fraction of sp³-hybridized carbons (Fsp3) is 0.600. The van der Waals surface area contributed by atoms with Crippen LogP contribution < -0.4 is 0 Å². The van der Waals surface area contributed by atoms with Crippen LogP contribution in [-0.2, 0) is 4.79 Å². The molecule has 0 aromatic carbocycles. The highest BCUT2D eigenvalue weighted by Gasteiger charge is 2.05. The molecule has 6 heavy (non-hydrogen) atoms. The second-order valence-electron chi connectivity index (χ2n) is 1.94. The second kappa shape index (κ2) is 1.41. The van der Waals surface area contributed by atoms with Crippen molar-refractivity contribution in [2.75, 3.05) is 0 Å². The van der Waals surface area contributed by atoms with Crippen molar-refractivity contribution >= 4 is 6.29 Å². The Kier molecular flexibility index (Phi) is 1.34. The van der Waals surface area contributed by atoms with E-state index in [9.17, 15) is 4.79 Å². The van der Waals surface area contributed by atoms with Gasteiger partial charge < -0.3 is 4.79 Å². The summed E-state index contributed by atoms with van der Waals surface area (Å²) in [5, 5.41) is 0. The van der Waals surface area contributed by atoms with Crippen LogP contribution in [0, 0.1) is 12.3 Å². The van der Waals surface area contributed by atoms with Crippen LogP contribution in [0.1, 0.15) is 13.8 Å². The first-order valence-corrected chi connectivity index (χ1v) is 1.81. The van der Waals surface area contributed by atoms with Crippen molar-refractivity contribution in [2.24, 2.45) is 5.41 Å². The van der Waals surface area contributed by atoms with Crippen LogP contribution >= 0.6 is 0 Å². The van der Waals surface area contributed by atoms with Gasteiger partial charge in [-0.3, -0.25) is 0 Å². The number of carbonyl (C=O) groups is 1. The summed E-state index contributed by atoms with van der Waals surface area (Å²) >= 11 is 0. The predicted octanol–water partition coefficient (Wildman–Crippen LogP) is 0.923. The quantitative estimate of drug-likeness (QED) is 0.432. The third kappa shape index (κ3) is 3.67. The summed E-state index contributed by atoms with van der Waals surface area (Å²) in [6.07, 6.45) is 0.715. The zero-order chi connectivity index (χ0) is 5.21. The van der Waals surface area contributed by atoms with Gasteiger partial charge >= 0.3 is 0 Å². The van der Waals surface area contributed by atoms with Gasteiger partial charge in [-0.05, 0) is 6.92 Å². The van der Waals surface area contributed by atoms with E-state index in [0.717, 1.165) is 0 Å². The predicted molar refractivity (Wildman–Crippen MR) is 24.1 cm³/mol. The molecule has 0 heterocycles. The maximum atomic E-state index is 9.70. The largest absolute Gasteiger partial charge is 0.303 e. The Bertz CT molecular complexity index is 49.4. The molecule has 0 aromatic heterocycles. The molecule has 0 aromatic rings. The Hall–Kier alpha value is -0.330. The summed E-state index contributed by atoms with van der Waals surface area (Å²) in [6.45, 7) is 8.47. The fourth-order valence-electron chi connectivity index (χ4n) is 0. The van der Waals surface area contributed by atoms with Crippen molar-refractivity contribution in [2.45, 2.75) is 13.8 Å². The van der Waals surface area contributed by atoms with Crippen molar-refractivity contribution in [3.63, 3.8) is 0 Å². The van der Waals surface area contributed by atoms with E-state index in [-0.39, 0.29) is 0 Å². The van der Waals surface area contributed by atoms with Gasteiger partial charge in [0.05, 0.1) is 0 Å². The Morgan fingerprint density at radius 2 is 1.83 bits per heavy atom. The monoisotopic (exact) mass is 84.1 g/mol. The van der Waals surface area contributed by atoms with E-state index in [0.29, 0.717) is 6.29 Å². The van der Waals surface area contributed by atoms with Crippen LogP contribution in [0.3, 0.4) is 0 Å². The average molecular weight is 84.1 g/mol. The highest BCUT2D eigenvalue weighted by Crippen LogP contribution is 2.04. The number of carbonyl (C=O) groups excluding carboxylic acids is 1. The topological polar surface area (TPSA) is 17.1 Å². The first kappa shape index (κ1) is 5.67. The van der Waals surface area contributed by atoms with E-state index in [1.165, 1.54) is 0 Å². The molecule has 0 atom stereocenters. The second-order valence-corrected chi connectivity index (χ2v) is 1.94. The van der Waals surface area contributed by atoms with Gasteiger partial charge in [0.2, 0.25) is 0 Å². The first-order valence-electron chi connectivity index (χ1n) is 1.81. The van der Waals surface area contributed by atoms with Gasteiger partial charge in [-0.1, -0.05) is 13.8 Å². The van der Waals surface area contributed by atoms with Gasteiger partial charge in [-0.15, -0.1) is 0 Å². The van der Waals surface area contributed by atoms with E-state index in [1.54, 1.807) is 13.8 Å². The molecule has 0 aliphatic carbocycles. The van der Waals surface area contributed by atoms with Crippen LogP contribution in [0.15, 0.2) is 0 Å². The molecule has 34 valence electrons. The lowest BCUT2D eigenvalue weighted by Crippen LogP contribution is -2.05. The van der Waals surface area contributed by atoms with Crippen LogP contribution in [0.25, 0.3) is 0 Å². The lowest BCUT2D eigenvalue weighted by Gasteiger charge is -2.02. The molecule has 1 nitrogen and oxygen atoms in total. The molecule has 0 saturated heterocycles. The molecule has 0 aliphatic heterocycles. The van der Waals surface area contributed by atoms with Crippen LogP contribution in [0.5, 0.6) is 0 Å². The normalized spacial score (nSPS) is 11.2. The lowest BCUT2D eigenvalue weighted by atomic mass is 10.0. The standard InChI is InChI=1S/C5H8O/c1-5(2,3)4-6/h1,4H,2-3H3. The van der Waals surface area contributed by atoms with Gasteiger partial charge in [0.15, 0.2) is 0 Å². The zero-order valence-corrected chi connectivity index (χ0v) is 4.06. The van der Waals surface area contributed by atoms with Gasteiger partial charge in [0.25, 0.3) is 0 Å². The molecule has 0 fully saturated rings. The van der Waals surface area contributed by atoms with Crippen molar-refractivity contribution in [3.05, 3.63) is 6.92 Å². The van der Waals surface area contributed by atoms with E-state index in [2.05, 4.69) is 0 Å². The lowest BCUT2D eigenvalue weighted by molar-refractivity contribution is -0.112. The first-order chi connectivity index (χ1) is 2.56. The molecule has 0 spiro atoms. The molecule has 0 unspecified atom stereocenters. The summed E-state index contributed by atoms with van der Waals surface area (Å²) in [7, 11) is 0. The molecule has 0 amide bonds. The Morgan fingerprint density at radius 3 is 1.83 bits per heavy atom. The minimum Gasteiger partial charge on any atom is -0.303 e. The smallest absolute Gasteiger partial charge is 0.125 e. The van der Waals surface area contributed by atoms with Crippen LogP contribution in [0.2, 0.25) is 0 Å². The Labute approximate surface area is 38.4 Å². The molecule has 0 saturated carbocycles. The van der Waals surface area contributed by atoms with E-state index >= 15 is 0 Å². The van der Waals surface area contributed by atoms with E-state index in [1.807, 2.05) is 0 Å². The van der Waals surface area contributed by atoms with Crippen molar-refractivity contribution in [1.29, 1.82) is 0 Å². The molecule has 0 N–H and O–H groups in total. The number of aldehydes is 1. The van der Waals surface area contributed by atoms with E-state index < -0.39 is 5.41 Å². The van der Waals surface area contributed by atoms with Gasteiger partial charge in [-0.25, -0.2) is 0 Å². The minimum atomic E-state index is -0.639. The third-order valence-electron chi connectivity index (χ3n) is 0.304. The van der Waals surface area contributed by atoms with Gasteiger partial charge in [0.1, 0.15) is 6.29 Å². The zero-order valence-electron chi connectivity index (χ0n) is 4.06. The number of rotatable bonds is 1. The third-order valence-corrected chi connectivity index (χ3v) is 0.304. The highest BCUT2D eigenvalue weighted by atomic mass is 16.1. The molecule has 2 radical (unpaired) electrons. The average Bonchev–Trinajstić information content (AvgIpc) is 1.35. The summed E-state index contributed by atoms with van der Waals surface area (Å²) in [6, 6.07) is 0. The number of hydrogen-bond acceptors (Lipinski definition) is 1. The molecule has 1 heteroatoms. The molecule has 0 aliphatic rings. The Morgan fingerprint density at radius 1 is 1.67 bits per heavy atom. The van der Waals surface area contributed by atoms with E-state index in [4.69, 9.17) is 6.92 Å². The van der Waals surface area contributed by atoms with Crippen molar-refractivity contribution in [3.8, 4) is 0 Å². The summed E-state index contributed by atoms with van der Waals surface area (Å²) in [5.74, 6) is 0. The fourth-order valence-corrected chi connectivity index (χ4v) is 0. The minimum absolute atomic E-state index is 0.639. The van der Waals surface area contributed by atoms with Gasteiger partial charge in [0, 0.05) is 5.41 Å². The SMILES string of the molecule is [CH]C(C)(C)C=O. The molecule has 0 bridgehead atoms. The molecule has 0 rings (SSSR count). The summed E-state index contributed by atoms with van der Waals surface area (Å²) in [5.41, 5.74) is -0.639. The summed E-state index contributed by atoms with van der Waals surface area (Å²) < 4.78 is 0. The maximum Gasteiger partial charge on any atom is 0.125 e. The maximum absolute atomic E-state index is 9.70. The highest BCUT2D eigenvalue weighted by molar-refractivity contribution is 5.58. The van der Waals surface area contributed by atoms with Crippen molar-refractivity contribution in [1.82, 2.24) is 0 Å². The van der Waals surface area contributed by atoms with Gasteiger partial charge in [-0.2, -0.15) is 0 Å².